The van der Waals surface area contributed by atoms with Crippen molar-refractivity contribution >= 4 is 0 Å². The fraction of sp³-hybridized carbons (Fsp3) is 0.222. The number of rotatable bonds is 2. The summed E-state index contributed by atoms with van der Waals surface area (Å²) >= 11 is 0. The molecule has 1 aromatic carbocycles. The molecule has 0 aliphatic rings. The highest BCUT2D eigenvalue weighted by molar-refractivity contribution is 5.35. The predicted octanol–water partition coefficient (Wildman–Crippen LogP) is 0.656. The monoisotopic (exact) mass is 179 g/mol. The van der Waals surface area contributed by atoms with Gasteiger partial charge in [-0.1, -0.05) is 0 Å². The lowest BCUT2D eigenvalue weighted by atomic mass is 10.1. The lowest BCUT2D eigenvalue weighted by Gasteiger charge is -2.08. The molecule has 0 heterocycles. The van der Waals surface area contributed by atoms with E-state index in [0.717, 1.165) is 6.07 Å². The minimum absolute atomic E-state index is 0.230. The molecule has 1 unspecified atom stereocenters. The lowest BCUT2D eigenvalue weighted by molar-refractivity contribution is 0.619. The van der Waals surface area contributed by atoms with E-state index < -0.39 is 11.9 Å². The molecule has 13 heavy (non-hydrogen) atoms. The van der Waals surface area contributed by atoms with Crippen molar-refractivity contribution in [3.63, 3.8) is 0 Å². The number of nitrogens with zero attached hydrogens (tertiary/aromatic N) is 1. The highest BCUT2D eigenvalue weighted by Crippen LogP contribution is 2.13. The van der Waals surface area contributed by atoms with Gasteiger partial charge in [0.15, 0.2) is 0 Å². The van der Waals surface area contributed by atoms with Gasteiger partial charge in [-0.3, -0.25) is 0 Å². The summed E-state index contributed by atoms with van der Waals surface area (Å²) in [7, 11) is 0. The van der Waals surface area contributed by atoms with E-state index in [0.29, 0.717) is 5.56 Å². The summed E-state index contributed by atoms with van der Waals surface area (Å²) in [5.41, 5.74) is 11.7. The molecular formula is C9H10FN3. The predicted molar refractivity (Wildman–Crippen MR) is 47.1 cm³/mol. The maximum Gasteiger partial charge on any atom is 0.124 e. The molecule has 0 spiro atoms. The van der Waals surface area contributed by atoms with Crippen molar-refractivity contribution in [3.05, 3.63) is 35.1 Å². The molecule has 4 heteroatoms. The molecule has 0 aromatic heterocycles. The Morgan fingerprint density at radius 3 is 2.69 bits per heavy atom. The van der Waals surface area contributed by atoms with E-state index in [1.165, 1.54) is 6.07 Å². The fourth-order valence-electron chi connectivity index (χ4n) is 1.03. The average Bonchev–Trinajstić information content (AvgIpc) is 2.15. The molecule has 4 N–H and O–H groups in total. The molecule has 68 valence electrons. The Morgan fingerprint density at radius 2 is 2.15 bits per heavy atom. The minimum atomic E-state index is -0.460. The summed E-state index contributed by atoms with van der Waals surface area (Å²) in [6, 6.07) is 5.43. The van der Waals surface area contributed by atoms with Crippen LogP contribution in [0.4, 0.5) is 4.39 Å². The molecule has 0 aliphatic heterocycles. The van der Waals surface area contributed by atoms with Crippen molar-refractivity contribution < 1.29 is 4.39 Å². The minimum Gasteiger partial charge on any atom is -0.329 e. The number of hydrogen-bond donors (Lipinski definition) is 2. The number of halogens is 1. The van der Waals surface area contributed by atoms with Gasteiger partial charge in [0.05, 0.1) is 11.6 Å². The summed E-state index contributed by atoms with van der Waals surface area (Å²) in [5, 5.41) is 8.55. The first-order valence-corrected chi connectivity index (χ1v) is 3.83. The smallest absolute Gasteiger partial charge is 0.124 e. The van der Waals surface area contributed by atoms with Crippen LogP contribution in [-0.4, -0.2) is 6.54 Å². The standard InChI is InChI=1S/C9H10FN3/c10-8-2-6(4-11)1-7(3-8)9(13)5-12/h1-3,9H,5,12-13H2. The van der Waals surface area contributed by atoms with Crippen LogP contribution >= 0.6 is 0 Å². The number of hydrogen-bond acceptors (Lipinski definition) is 3. The average molecular weight is 179 g/mol. The van der Waals surface area contributed by atoms with E-state index in [9.17, 15) is 4.39 Å². The van der Waals surface area contributed by atoms with Gasteiger partial charge in [0.25, 0.3) is 0 Å². The zero-order valence-electron chi connectivity index (χ0n) is 7.00. The van der Waals surface area contributed by atoms with E-state index in [1.807, 2.05) is 6.07 Å². The Kier molecular flexibility index (Phi) is 2.96. The van der Waals surface area contributed by atoms with E-state index in [-0.39, 0.29) is 12.1 Å². The van der Waals surface area contributed by atoms with Crippen molar-refractivity contribution in [2.24, 2.45) is 11.5 Å². The van der Waals surface area contributed by atoms with Gasteiger partial charge < -0.3 is 11.5 Å². The molecule has 0 saturated heterocycles. The first-order valence-electron chi connectivity index (χ1n) is 3.83. The van der Waals surface area contributed by atoms with Gasteiger partial charge >= 0.3 is 0 Å². The highest BCUT2D eigenvalue weighted by atomic mass is 19.1. The Balaban J connectivity index is 3.10. The topological polar surface area (TPSA) is 75.8 Å². The summed E-state index contributed by atoms with van der Waals surface area (Å²) in [6.07, 6.45) is 0. The van der Waals surface area contributed by atoms with Crippen molar-refractivity contribution in [2.75, 3.05) is 6.54 Å². The van der Waals surface area contributed by atoms with Crippen LogP contribution in [0.15, 0.2) is 18.2 Å². The zero-order valence-corrected chi connectivity index (χ0v) is 7.00. The quantitative estimate of drug-likeness (QED) is 0.700. The molecule has 0 amide bonds. The second kappa shape index (κ2) is 3.99. The van der Waals surface area contributed by atoms with E-state index >= 15 is 0 Å². The number of nitrogens with two attached hydrogens (primary N) is 2. The number of nitriles is 1. The van der Waals surface area contributed by atoms with E-state index in [1.54, 1.807) is 6.07 Å². The van der Waals surface area contributed by atoms with Crippen LogP contribution < -0.4 is 11.5 Å². The second-order valence-corrected chi connectivity index (χ2v) is 2.73. The Hall–Kier alpha value is -1.44. The molecule has 0 saturated carbocycles. The van der Waals surface area contributed by atoms with Crippen molar-refractivity contribution in [1.29, 1.82) is 5.26 Å². The van der Waals surface area contributed by atoms with Crippen LogP contribution in [0, 0.1) is 17.1 Å². The first kappa shape index (κ1) is 9.65. The fourth-order valence-corrected chi connectivity index (χ4v) is 1.03. The normalized spacial score (nSPS) is 12.2. The molecule has 3 nitrogen and oxygen atoms in total. The van der Waals surface area contributed by atoms with Gasteiger partial charge in [-0.05, 0) is 23.8 Å². The van der Waals surface area contributed by atoms with Crippen molar-refractivity contribution in [3.8, 4) is 6.07 Å². The summed E-state index contributed by atoms with van der Waals surface area (Å²) in [4.78, 5) is 0. The second-order valence-electron chi connectivity index (χ2n) is 2.73. The van der Waals surface area contributed by atoms with Crippen molar-refractivity contribution in [2.45, 2.75) is 6.04 Å². The molecule has 1 aromatic rings. The van der Waals surface area contributed by atoms with Crippen LogP contribution in [0.2, 0.25) is 0 Å². The van der Waals surface area contributed by atoms with Gasteiger partial charge in [0.1, 0.15) is 5.82 Å². The molecule has 1 atom stereocenters. The van der Waals surface area contributed by atoms with Gasteiger partial charge in [0, 0.05) is 12.6 Å². The first-order chi connectivity index (χ1) is 6.17. The van der Waals surface area contributed by atoms with Crippen LogP contribution in [0.5, 0.6) is 0 Å². The molecular weight excluding hydrogens is 169 g/mol. The maximum atomic E-state index is 12.9. The Morgan fingerprint density at radius 1 is 1.46 bits per heavy atom. The summed E-state index contributed by atoms with van der Waals surface area (Å²) < 4.78 is 12.9. The Labute approximate surface area is 75.8 Å². The maximum absolute atomic E-state index is 12.9. The SMILES string of the molecule is N#Cc1cc(F)cc(C(N)CN)c1. The third-order valence-corrected chi connectivity index (χ3v) is 1.73. The van der Waals surface area contributed by atoms with Gasteiger partial charge in [-0.2, -0.15) is 5.26 Å². The molecule has 0 radical (unpaired) electrons. The van der Waals surface area contributed by atoms with Crippen molar-refractivity contribution in [1.82, 2.24) is 0 Å². The summed E-state index contributed by atoms with van der Waals surface area (Å²) in [5.74, 6) is -0.460. The Bertz CT molecular complexity index is 343. The number of benzene rings is 1. The van der Waals surface area contributed by atoms with E-state index in [2.05, 4.69) is 0 Å². The van der Waals surface area contributed by atoms with Gasteiger partial charge in [-0.15, -0.1) is 0 Å². The largest absolute Gasteiger partial charge is 0.329 e. The highest BCUT2D eigenvalue weighted by Gasteiger charge is 2.06. The third-order valence-electron chi connectivity index (χ3n) is 1.73. The van der Waals surface area contributed by atoms with Gasteiger partial charge in [0.2, 0.25) is 0 Å². The molecule has 0 bridgehead atoms. The van der Waals surface area contributed by atoms with Crippen LogP contribution in [0.1, 0.15) is 17.2 Å². The van der Waals surface area contributed by atoms with Crippen LogP contribution in [-0.2, 0) is 0 Å². The molecule has 1 rings (SSSR count). The third kappa shape index (κ3) is 2.25. The van der Waals surface area contributed by atoms with Crippen LogP contribution in [0.3, 0.4) is 0 Å². The summed E-state index contributed by atoms with van der Waals surface area (Å²) in [6.45, 7) is 0.230. The zero-order chi connectivity index (χ0) is 9.84. The van der Waals surface area contributed by atoms with Gasteiger partial charge in [-0.25, -0.2) is 4.39 Å². The lowest BCUT2D eigenvalue weighted by Crippen LogP contribution is -2.20. The molecule has 0 aliphatic carbocycles. The van der Waals surface area contributed by atoms with E-state index in [4.69, 9.17) is 16.7 Å². The van der Waals surface area contributed by atoms with Crippen LogP contribution in [0.25, 0.3) is 0 Å². The molecule has 0 fully saturated rings.